The third kappa shape index (κ3) is 8.83. The van der Waals surface area contributed by atoms with Crippen molar-refractivity contribution < 1.29 is 43.5 Å². The van der Waals surface area contributed by atoms with E-state index in [9.17, 15) is 34.2 Å². The monoisotopic (exact) mass is 529 g/mol. The molecule has 1 aliphatic rings. The van der Waals surface area contributed by atoms with Gasteiger partial charge in [0.2, 0.25) is 5.91 Å². The van der Waals surface area contributed by atoms with Crippen LogP contribution in [0.5, 0.6) is 0 Å². The van der Waals surface area contributed by atoms with E-state index >= 15 is 0 Å². The molecule has 1 amide bonds. The van der Waals surface area contributed by atoms with Gasteiger partial charge in [-0.3, -0.25) is 24.0 Å². The van der Waals surface area contributed by atoms with Gasteiger partial charge in [0.1, 0.15) is 0 Å². The fourth-order valence-electron chi connectivity index (χ4n) is 3.83. The second kappa shape index (κ2) is 12.4. The van der Waals surface area contributed by atoms with E-state index in [1.807, 2.05) is 13.8 Å². The van der Waals surface area contributed by atoms with Crippen molar-refractivity contribution in [2.24, 2.45) is 5.92 Å². The van der Waals surface area contributed by atoms with Gasteiger partial charge in [-0.25, -0.2) is 0 Å². The smallest absolute Gasteiger partial charge is 0.508 e. The summed E-state index contributed by atoms with van der Waals surface area (Å²) in [6.45, 7) is 3.69. The van der Waals surface area contributed by atoms with E-state index < -0.39 is 67.5 Å². The maximum atomic E-state index is 12.7. The molecule has 1 atom stereocenters. The summed E-state index contributed by atoms with van der Waals surface area (Å²) in [5.74, 6) is -5.38. The molecule has 0 unspecified atom stereocenters. The summed E-state index contributed by atoms with van der Waals surface area (Å²) in [5, 5.41) is 21.7. The van der Waals surface area contributed by atoms with Gasteiger partial charge in [0, 0.05) is 23.4 Å². The molecule has 1 saturated heterocycles. The van der Waals surface area contributed by atoms with Gasteiger partial charge in [0.15, 0.2) is 5.78 Å². The van der Waals surface area contributed by atoms with Crippen molar-refractivity contribution in [3.8, 4) is 0 Å². The number of rotatable bonds is 12. The first-order valence-electron chi connectivity index (χ1n) is 10.9. The Balaban J connectivity index is 2.14. The van der Waals surface area contributed by atoms with E-state index in [2.05, 4.69) is 5.32 Å². The molecule has 190 valence electrons. The molecule has 1 aromatic carbocycles. The first-order valence-corrected chi connectivity index (χ1v) is 11.6. The highest BCUT2D eigenvalue weighted by Gasteiger charge is 2.51. The lowest BCUT2D eigenvalue weighted by Crippen LogP contribution is -2.59. The summed E-state index contributed by atoms with van der Waals surface area (Å²) in [7, 11) is -1.40. The number of amides is 1. The van der Waals surface area contributed by atoms with Gasteiger partial charge in [-0.2, -0.15) is 0 Å². The standard InChI is InChI=1S/C22H26BCl2NO9/c1-12(2)7-17(23-34-21(33)11-22(35-23,9-19(29)30)10-20(31)32)26-18(28)6-5-16(27)14-8-13(24)3-4-15(14)25/h3-4,8,12,17H,5-7,9-11H2,1-2H3,(H,26,28)(H,29,30)(H,31,32)/t17-/m0/s1. The Labute approximate surface area is 212 Å². The van der Waals surface area contributed by atoms with Crippen LogP contribution in [0.1, 0.15) is 62.7 Å². The van der Waals surface area contributed by atoms with Crippen molar-refractivity contribution in [3.63, 3.8) is 0 Å². The minimum atomic E-state index is -1.82. The Morgan fingerprint density at radius 1 is 1.11 bits per heavy atom. The molecule has 0 bridgehead atoms. The SMILES string of the molecule is CC(C)C[C@H](NC(=O)CCC(=O)c1cc(Cl)ccc1Cl)B1OC(=O)CC(CC(=O)O)(CC(=O)O)O1. The molecule has 13 heteroatoms. The number of ketones is 1. The number of carboxylic acids is 2. The van der Waals surface area contributed by atoms with Crippen molar-refractivity contribution in [1.82, 2.24) is 5.32 Å². The topological polar surface area (TPSA) is 156 Å². The molecule has 2 rings (SSSR count). The molecule has 10 nitrogen and oxygen atoms in total. The van der Waals surface area contributed by atoms with Crippen LogP contribution in [-0.2, 0) is 28.5 Å². The van der Waals surface area contributed by atoms with E-state index in [4.69, 9.17) is 32.5 Å². The van der Waals surface area contributed by atoms with Crippen molar-refractivity contribution in [2.45, 2.75) is 63.9 Å². The Hall–Kier alpha value is -2.63. The summed E-state index contributed by atoms with van der Waals surface area (Å²) in [6, 6.07) is 4.42. The molecule has 0 aliphatic carbocycles. The molecule has 3 N–H and O–H groups in total. The fourth-order valence-corrected chi connectivity index (χ4v) is 4.23. The lowest BCUT2D eigenvalue weighted by atomic mass is 9.70. The van der Waals surface area contributed by atoms with Crippen molar-refractivity contribution in [2.75, 3.05) is 0 Å². The minimum absolute atomic E-state index is 0.00947. The maximum absolute atomic E-state index is 12.7. The van der Waals surface area contributed by atoms with Crippen LogP contribution < -0.4 is 5.32 Å². The molecule has 1 heterocycles. The second-order valence-electron chi connectivity index (χ2n) is 8.83. The van der Waals surface area contributed by atoms with Gasteiger partial charge in [-0.15, -0.1) is 0 Å². The largest absolute Gasteiger partial charge is 0.551 e. The number of halogens is 2. The van der Waals surface area contributed by atoms with Crippen LogP contribution in [0, 0.1) is 5.92 Å². The highest BCUT2D eigenvalue weighted by atomic mass is 35.5. The Morgan fingerprint density at radius 3 is 2.31 bits per heavy atom. The van der Waals surface area contributed by atoms with Crippen molar-refractivity contribution in [3.05, 3.63) is 33.8 Å². The Kier molecular flexibility index (Phi) is 10.1. The number of benzene rings is 1. The van der Waals surface area contributed by atoms with E-state index in [-0.39, 0.29) is 35.8 Å². The first-order chi connectivity index (χ1) is 16.3. The number of carbonyl (C=O) groups is 5. The van der Waals surface area contributed by atoms with E-state index in [1.165, 1.54) is 18.2 Å². The number of carboxylic acid groups (broad SMARTS) is 2. The number of aliphatic carboxylic acids is 2. The second-order valence-corrected chi connectivity index (χ2v) is 9.67. The minimum Gasteiger partial charge on any atom is -0.508 e. The summed E-state index contributed by atoms with van der Waals surface area (Å²) >= 11 is 11.9. The Bertz CT molecular complexity index is 980. The van der Waals surface area contributed by atoms with Crippen LogP contribution in [0.4, 0.5) is 0 Å². The van der Waals surface area contributed by atoms with Crippen LogP contribution in [0.15, 0.2) is 18.2 Å². The number of carbonyl (C=O) groups excluding carboxylic acids is 3. The van der Waals surface area contributed by atoms with E-state index in [1.54, 1.807) is 0 Å². The highest BCUT2D eigenvalue weighted by Crippen LogP contribution is 2.32. The van der Waals surface area contributed by atoms with Gasteiger partial charge < -0.3 is 24.8 Å². The molecule has 1 fully saturated rings. The zero-order valence-electron chi connectivity index (χ0n) is 19.2. The van der Waals surface area contributed by atoms with Gasteiger partial charge in [-0.05, 0) is 30.5 Å². The average molecular weight is 530 g/mol. The molecule has 1 aliphatic heterocycles. The highest BCUT2D eigenvalue weighted by molar-refractivity contribution is 6.50. The summed E-state index contributed by atoms with van der Waals surface area (Å²) in [6.07, 6.45) is -2.14. The molecular formula is C22H26BCl2NO9. The molecule has 0 radical (unpaired) electrons. The van der Waals surface area contributed by atoms with Crippen LogP contribution in [0.2, 0.25) is 10.0 Å². The Morgan fingerprint density at radius 2 is 1.74 bits per heavy atom. The predicted octanol–water partition coefficient (Wildman–Crippen LogP) is 3.17. The number of hydrogen-bond donors (Lipinski definition) is 3. The van der Waals surface area contributed by atoms with Crippen LogP contribution in [0.3, 0.4) is 0 Å². The van der Waals surface area contributed by atoms with Crippen LogP contribution in [-0.4, -0.2) is 58.5 Å². The average Bonchev–Trinajstić information content (AvgIpc) is 2.71. The summed E-state index contributed by atoms with van der Waals surface area (Å²) in [5.41, 5.74) is -1.64. The predicted molar refractivity (Wildman–Crippen MR) is 126 cm³/mol. The summed E-state index contributed by atoms with van der Waals surface area (Å²) < 4.78 is 11.0. The molecule has 0 saturated carbocycles. The van der Waals surface area contributed by atoms with Crippen molar-refractivity contribution in [1.29, 1.82) is 0 Å². The quantitative estimate of drug-likeness (QED) is 0.273. The first kappa shape index (κ1) is 28.6. The third-order valence-electron chi connectivity index (χ3n) is 5.24. The van der Waals surface area contributed by atoms with E-state index in [0.29, 0.717) is 5.02 Å². The maximum Gasteiger partial charge on any atom is 0.551 e. The zero-order chi connectivity index (χ0) is 26.3. The molecule has 0 spiro atoms. The number of hydrogen-bond acceptors (Lipinski definition) is 7. The van der Waals surface area contributed by atoms with Gasteiger partial charge >= 0.3 is 19.1 Å². The molecule has 35 heavy (non-hydrogen) atoms. The van der Waals surface area contributed by atoms with E-state index in [0.717, 1.165) is 0 Å². The van der Waals surface area contributed by atoms with Crippen LogP contribution in [0.25, 0.3) is 0 Å². The lowest BCUT2D eigenvalue weighted by Gasteiger charge is -2.39. The summed E-state index contributed by atoms with van der Waals surface area (Å²) in [4.78, 5) is 60.2. The van der Waals surface area contributed by atoms with Gasteiger partial charge in [0.25, 0.3) is 5.97 Å². The van der Waals surface area contributed by atoms with Gasteiger partial charge in [-0.1, -0.05) is 37.0 Å². The molecule has 0 aromatic heterocycles. The zero-order valence-corrected chi connectivity index (χ0v) is 20.7. The fraction of sp³-hybridized carbons (Fsp3) is 0.500. The van der Waals surface area contributed by atoms with Crippen molar-refractivity contribution >= 4 is 59.9 Å². The molecule has 1 aromatic rings. The van der Waals surface area contributed by atoms with Gasteiger partial charge in [0.05, 0.1) is 35.8 Å². The third-order valence-corrected chi connectivity index (χ3v) is 5.80. The lowest BCUT2D eigenvalue weighted by molar-refractivity contribution is -0.160. The van der Waals surface area contributed by atoms with Crippen LogP contribution >= 0.6 is 23.2 Å². The normalized spacial score (nSPS) is 15.9. The number of Topliss-reactive ketones (excluding diaryl/α,β-unsaturated/α-hetero) is 1. The number of nitrogens with one attached hydrogen (secondary N) is 1. The molecular weight excluding hydrogens is 504 g/mol.